The number of benzene rings is 1. The molecule has 56 valence electrons. The van der Waals surface area contributed by atoms with Gasteiger partial charge in [0, 0.05) is 5.56 Å². The summed E-state index contributed by atoms with van der Waals surface area (Å²) in [6.07, 6.45) is 0. The van der Waals surface area contributed by atoms with Crippen LogP contribution in [0, 0.1) is 11.6 Å². The summed E-state index contributed by atoms with van der Waals surface area (Å²) in [7, 11) is 5.34. The Labute approximate surface area is 65.6 Å². The minimum absolute atomic E-state index is 0.0486. The van der Waals surface area contributed by atoms with Gasteiger partial charge in [-0.15, -0.1) is 0 Å². The molecule has 0 saturated heterocycles. The van der Waals surface area contributed by atoms with Crippen molar-refractivity contribution in [2.24, 2.45) is 0 Å². The standard InChI is InChI=1S/C8H7BF2/c1-5(9)8-6(10)3-2-4-7(8)11/h2-5H,1H3. The van der Waals surface area contributed by atoms with Gasteiger partial charge in [0.05, 0.1) is 7.85 Å². The Morgan fingerprint density at radius 2 is 1.73 bits per heavy atom. The first-order chi connectivity index (χ1) is 5.13. The fourth-order valence-electron chi connectivity index (χ4n) is 0.946. The second-order valence-corrected chi connectivity index (χ2v) is 2.42. The molecule has 1 unspecified atom stereocenters. The van der Waals surface area contributed by atoms with Gasteiger partial charge in [-0.2, -0.15) is 0 Å². The molecule has 0 fully saturated rings. The average Bonchev–Trinajstić information content (AvgIpc) is 1.85. The highest BCUT2D eigenvalue weighted by Gasteiger charge is 2.10. The Kier molecular flexibility index (Phi) is 2.27. The van der Waals surface area contributed by atoms with Crippen LogP contribution in [-0.2, 0) is 0 Å². The molecule has 0 N–H and O–H groups in total. The molecule has 0 aromatic heterocycles. The van der Waals surface area contributed by atoms with Crippen LogP contribution in [0.5, 0.6) is 0 Å². The van der Waals surface area contributed by atoms with Gasteiger partial charge in [0.1, 0.15) is 11.6 Å². The average molecular weight is 152 g/mol. The van der Waals surface area contributed by atoms with Gasteiger partial charge in [-0.05, 0) is 12.1 Å². The molecule has 0 aliphatic heterocycles. The third kappa shape index (κ3) is 1.59. The van der Waals surface area contributed by atoms with E-state index in [1.54, 1.807) is 6.92 Å². The molecule has 0 amide bonds. The van der Waals surface area contributed by atoms with Crippen molar-refractivity contribution < 1.29 is 8.78 Å². The van der Waals surface area contributed by atoms with Crippen LogP contribution in [0.1, 0.15) is 18.3 Å². The maximum absolute atomic E-state index is 12.8. The van der Waals surface area contributed by atoms with E-state index in [1.165, 1.54) is 18.2 Å². The highest BCUT2D eigenvalue weighted by Crippen LogP contribution is 2.18. The summed E-state index contributed by atoms with van der Waals surface area (Å²) in [5.74, 6) is -1.77. The van der Waals surface area contributed by atoms with Gasteiger partial charge in [0.2, 0.25) is 0 Å². The van der Waals surface area contributed by atoms with E-state index in [0.29, 0.717) is 0 Å². The van der Waals surface area contributed by atoms with Crippen molar-refractivity contribution in [1.29, 1.82) is 0 Å². The predicted octanol–water partition coefficient (Wildman–Crippen LogP) is 2.19. The molecule has 1 aromatic rings. The molecule has 11 heavy (non-hydrogen) atoms. The Hall–Kier alpha value is -0.855. The van der Waals surface area contributed by atoms with E-state index in [9.17, 15) is 8.78 Å². The van der Waals surface area contributed by atoms with Crippen LogP contribution in [0.4, 0.5) is 8.78 Å². The zero-order chi connectivity index (χ0) is 8.43. The molecule has 1 aromatic carbocycles. The Morgan fingerprint density at radius 3 is 2.00 bits per heavy atom. The second kappa shape index (κ2) is 3.03. The van der Waals surface area contributed by atoms with Crippen molar-refractivity contribution in [2.45, 2.75) is 12.7 Å². The summed E-state index contributed by atoms with van der Waals surface area (Å²) in [6, 6.07) is 3.71. The first-order valence-electron chi connectivity index (χ1n) is 3.32. The summed E-state index contributed by atoms with van der Waals surface area (Å²) in [6.45, 7) is 1.54. The number of rotatable bonds is 1. The maximum atomic E-state index is 12.8. The Morgan fingerprint density at radius 1 is 1.27 bits per heavy atom. The number of hydrogen-bond acceptors (Lipinski definition) is 0. The highest BCUT2D eigenvalue weighted by molar-refractivity contribution is 6.12. The van der Waals surface area contributed by atoms with Crippen molar-refractivity contribution >= 4 is 7.85 Å². The SMILES string of the molecule is [B]C(C)c1c(F)cccc1F. The van der Waals surface area contributed by atoms with Crippen LogP contribution in [0.25, 0.3) is 0 Å². The highest BCUT2D eigenvalue weighted by atomic mass is 19.1. The van der Waals surface area contributed by atoms with Gasteiger partial charge in [-0.25, -0.2) is 8.78 Å². The first-order valence-corrected chi connectivity index (χ1v) is 3.32. The van der Waals surface area contributed by atoms with Crippen molar-refractivity contribution in [1.82, 2.24) is 0 Å². The van der Waals surface area contributed by atoms with E-state index in [4.69, 9.17) is 7.85 Å². The summed E-state index contributed by atoms with van der Waals surface area (Å²) in [5, 5.41) is 0. The zero-order valence-electron chi connectivity index (χ0n) is 6.14. The Balaban J connectivity index is 3.21. The van der Waals surface area contributed by atoms with E-state index >= 15 is 0 Å². The van der Waals surface area contributed by atoms with Crippen LogP contribution in [0.2, 0.25) is 0 Å². The molecule has 0 spiro atoms. The summed E-state index contributed by atoms with van der Waals surface area (Å²) < 4.78 is 25.6. The normalized spacial score (nSPS) is 13.0. The molecule has 0 aliphatic carbocycles. The topological polar surface area (TPSA) is 0 Å². The molecule has 0 saturated carbocycles. The van der Waals surface area contributed by atoms with E-state index in [2.05, 4.69) is 0 Å². The lowest BCUT2D eigenvalue weighted by Crippen LogP contribution is -1.99. The molecule has 0 nitrogen and oxygen atoms in total. The summed E-state index contributed by atoms with van der Waals surface area (Å²) in [4.78, 5) is 0. The lowest BCUT2D eigenvalue weighted by molar-refractivity contribution is 0.556. The molecule has 3 heteroatoms. The maximum Gasteiger partial charge on any atom is 0.128 e. The van der Waals surface area contributed by atoms with Crippen molar-refractivity contribution in [3.8, 4) is 0 Å². The van der Waals surface area contributed by atoms with Crippen LogP contribution in [0.3, 0.4) is 0 Å². The molecule has 0 aliphatic rings. The number of halogens is 2. The quantitative estimate of drug-likeness (QED) is 0.541. The van der Waals surface area contributed by atoms with Crippen LogP contribution < -0.4 is 0 Å². The second-order valence-electron chi connectivity index (χ2n) is 2.42. The molecule has 1 atom stereocenters. The van der Waals surface area contributed by atoms with E-state index in [-0.39, 0.29) is 5.56 Å². The fourth-order valence-corrected chi connectivity index (χ4v) is 0.946. The molecular weight excluding hydrogens is 145 g/mol. The van der Waals surface area contributed by atoms with E-state index in [0.717, 1.165) is 0 Å². The van der Waals surface area contributed by atoms with Gasteiger partial charge in [0.15, 0.2) is 0 Å². The van der Waals surface area contributed by atoms with Gasteiger partial charge in [-0.1, -0.05) is 18.8 Å². The monoisotopic (exact) mass is 152 g/mol. The first kappa shape index (κ1) is 8.24. The van der Waals surface area contributed by atoms with Gasteiger partial charge < -0.3 is 0 Å². The minimum Gasteiger partial charge on any atom is -0.207 e. The van der Waals surface area contributed by atoms with E-state index in [1.807, 2.05) is 0 Å². The molecular formula is C8H7BF2. The third-order valence-corrected chi connectivity index (χ3v) is 1.46. The van der Waals surface area contributed by atoms with Crippen LogP contribution in [0.15, 0.2) is 18.2 Å². The lowest BCUT2D eigenvalue weighted by Gasteiger charge is -2.07. The lowest BCUT2D eigenvalue weighted by atomic mass is 9.82. The molecule has 2 radical (unpaired) electrons. The Bertz CT molecular complexity index is 238. The largest absolute Gasteiger partial charge is 0.207 e. The van der Waals surface area contributed by atoms with Gasteiger partial charge in [0.25, 0.3) is 0 Å². The molecule has 0 bridgehead atoms. The van der Waals surface area contributed by atoms with Crippen LogP contribution in [-0.4, -0.2) is 7.85 Å². The van der Waals surface area contributed by atoms with Crippen molar-refractivity contribution in [3.05, 3.63) is 35.4 Å². The minimum atomic E-state index is -0.601. The fraction of sp³-hybridized carbons (Fsp3) is 0.250. The molecule has 1 rings (SSSR count). The van der Waals surface area contributed by atoms with Gasteiger partial charge >= 0.3 is 0 Å². The van der Waals surface area contributed by atoms with Gasteiger partial charge in [-0.3, -0.25) is 0 Å². The molecule has 0 heterocycles. The van der Waals surface area contributed by atoms with E-state index < -0.39 is 17.5 Å². The van der Waals surface area contributed by atoms with Crippen molar-refractivity contribution in [3.63, 3.8) is 0 Å². The van der Waals surface area contributed by atoms with Crippen LogP contribution >= 0.6 is 0 Å². The summed E-state index contributed by atoms with van der Waals surface area (Å²) in [5.41, 5.74) is -0.0486. The third-order valence-electron chi connectivity index (χ3n) is 1.46. The summed E-state index contributed by atoms with van der Waals surface area (Å²) >= 11 is 0. The number of hydrogen-bond donors (Lipinski definition) is 0. The zero-order valence-corrected chi connectivity index (χ0v) is 6.14. The smallest absolute Gasteiger partial charge is 0.128 e. The van der Waals surface area contributed by atoms with Crippen molar-refractivity contribution in [2.75, 3.05) is 0 Å². The predicted molar refractivity (Wildman–Crippen MR) is 40.5 cm³/mol.